The zero-order valence-corrected chi connectivity index (χ0v) is 13.5. The van der Waals surface area contributed by atoms with Crippen LogP contribution in [0, 0.1) is 0 Å². The monoisotopic (exact) mass is 319 g/mol. The second-order valence-corrected chi connectivity index (χ2v) is 5.84. The maximum Gasteiger partial charge on any atom is 0.328 e. The van der Waals surface area contributed by atoms with Gasteiger partial charge in [0.15, 0.2) is 0 Å². The van der Waals surface area contributed by atoms with Crippen LogP contribution < -0.4 is 0 Å². The van der Waals surface area contributed by atoms with Crippen molar-refractivity contribution in [3.8, 4) is 0 Å². The van der Waals surface area contributed by atoms with Crippen LogP contribution in [-0.4, -0.2) is 35.2 Å². The summed E-state index contributed by atoms with van der Waals surface area (Å²) in [7, 11) is 1.23. The molecule has 1 unspecified atom stereocenters. The Morgan fingerprint density at radius 1 is 1.32 bits per heavy atom. The lowest BCUT2D eigenvalue weighted by molar-refractivity contribution is -0.148. The second-order valence-electron chi connectivity index (χ2n) is 4.85. The van der Waals surface area contributed by atoms with Crippen LogP contribution in [0.5, 0.6) is 0 Å². The van der Waals surface area contributed by atoms with Gasteiger partial charge in [0.1, 0.15) is 6.04 Å². The van der Waals surface area contributed by atoms with Crippen LogP contribution >= 0.6 is 11.8 Å². The van der Waals surface area contributed by atoms with Crippen LogP contribution in [0.15, 0.2) is 29.2 Å². The Balaban J connectivity index is 2.23. The van der Waals surface area contributed by atoms with Crippen LogP contribution in [0.25, 0.3) is 6.08 Å². The number of hydrogen-bond acceptors (Lipinski definition) is 5. The van der Waals surface area contributed by atoms with Gasteiger partial charge in [-0.15, -0.1) is 0 Å². The number of carbonyl (C=O) groups excluding carboxylic acids is 3. The number of methoxy groups -OCH3 is 1. The highest BCUT2D eigenvalue weighted by Crippen LogP contribution is 2.33. The summed E-state index contributed by atoms with van der Waals surface area (Å²) in [6, 6.07) is 6.83. The summed E-state index contributed by atoms with van der Waals surface area (Å²) in [5, 5.41) is -0.459. The zero-order chi connectivity index (χ0) is 16.3. The van der Waals surface area contributed by atoms with E-state index in [0.29, 0.717) is 4.91 Å². The number of carbonyl (C=O) groups is 3. The summed E-state index contributed by atoms with van der Waals surface area (Å²) in [4.78, 5) is 37.1. The third kappa shape index (κ3) is 3.22. The molecule has 0 aliphatic carbocycles. The van der Waals surface area contributed by atoms with Crippen LogP contribution in [0.4, 0.5) is 4.79 Å². The molecular weight excluding hydrogens is 302 g/mol. The molecular formula is C16H17NO4S. The summed E-state index contributed by atoms with van der Waals surface area (Å²) in [6.07, 6.45) is 2.60. The first-order valence-corrected chi connectivity index (χ1v) is 7.73. The highest BCUT2D eigenvalue weighted by molar-refractivity contribution is 8.18. The molecule has 0 spiro atoms. The van der Waals surface area contributed by atoms with Crippen molar-refractivity contribution < 1.29 is 19.1 Å². The van der Waals surface area contributed by atoms with E-state index in [4.69, 9.17) is 0 Å². The maximum absolute atomic E-state index is 12.3. The van der Waals surface area contributed by atoms with E-state index >= 15 is 0 Å². The van der Waals surface area contributed by atoms with E-state index in [1.54, 1.807) is 6.08 Å². The highest BCUT2D eigenvalue weighted by Gasteiger charge is 2.41. The molecule has 0 radical (unpaired) electrons. The van der Waals surface area contributed by atoms with Gasteiger partial charge in [0, 0.05) is 0 Å². The van der Waals surface area contributed by atoms with Gasteiger partial charge in [0.25, 0.3) is 11.1 Å². The summed E-state index contributed by atoms with van der Waals surface area (Å²) in [5.74, 6) is -1.08. The number of nitrogens with zero attached hydrogens (tertiary/aromatic N) is 1. The fourth-order valence-electron chi connectivity index (χ4n) is 2.09. The molecule has 22 heavy (non-hydrogen) atoms. The number of aryl methyl sites for hydroxylation is 1. The molecule has 0 bridgehead atoms. The number of hydrogen-bond donors (Lipinski definition) is 0. The molecule has 2 rings (SSSR count). The lowest BCUT2D eigenvalue weighted by Gasteiger charge is -2.18. The van der Waals surface area contributed by atoms with E-state index in [1.807, 2.05) is 24.3 Å². The minimum atomic E-state index is -0.925. The Labute approximate surface area is 133 Å². The maximum atomic E-state index is 12.3. The van der Waals surface area contributed by atoms with E-state index in [2.05, 4.69) is 11.7 Å². The van der Waals surface area contributed by atoms with Gasteiger partial charge < -0.3 is 4.74 Å². The van der Waals surface area contributed by atoms with Crippen molar-refractivity contribution in [1.29, 1.82) is 0 Å². The van der Waals surface area contributed by atoms with Crippen LogP contribution in [0.3, 0.4) is 0 Å². The van der Waals surface area contributed by atoms with Crippen LogP contribution in [0.2, 0.25) is 0 Å². The first kappa shape index (κ1) is 16.3. The van der Waals surface area contributed by atoms with Gasteiger partial charge in [0.2, 0.25) is 0 Å². The van der Waals surface area contributed by atoms with Crippen molar-refractivity contribution in [3.63, 3.8) is 0 Å². The largest absolute Gasteiger partial charge is 0.467 e. The third-order valence-electron chi connectivity index (χ3n) is 3.44. The van der Waals surface area contributed by atoms with E-state index in [0.717, 1.165) is 28.6 Å². The number of amides is 2. The molecule has 0 N–H and O–H groups in total. The van der Waals surface area contributed by atoms with Crippen molar-refractivity contribution in [3.05, 3.63) is 40.3 Å². The normalized spacial score (nSPS) is 18.0. The molecule has 6 heteroatoms. The van der Waals surface area contributed by atoms with Gasteiger partial charge in [-0.3, -0.25) is 14.5 Å². The second kappa shape index (κ2) is 6.79. The molecule has 1 fully saturated rings. The Kier molecular flexibility index (Phi) is 5.03. The molecule has 1 aliphatic heterocycles. The van der Waals surface area contributed by atoms with E-state index in [9.17, 15) is 14.4 Å². The lowest BCUT2D eigenvalue weighted by Crippen LogP contribution is -2.42. The number of imide groups is 1. The molecule has 2 amide bonds. The summed E-state index contributed by atoms with van der Waals surface area (Å²) >= 11 is 0.834. The standard InChI is InChI=1S/C16H17NO4S/c1-4-11-5-7-12(8-6-11)9-13-14(18)17(16(20)22-13)10(2)15(19)21-3/h5-10H,4H2,1-3H3/b13-9+. The molecule has 1 atom stereocenters. The summed E-state index contributed by atoms with van der Waals surface area (Å²) in [5.41, 5.74) is 2.04. The van der Waals surface area contributed by atoms with Gasteiger partial charge in [-0.25, -0.2) is 4.79 Å². The van der Waals surface area contributed by atoms with E-state index in [-0.39, 0.29) is 0 Å². The molecule has 1 aromatic rings. The molecule has 116 valence electrons. The number of thioether (sulfide) groups is 1. The minimum Gasteiger partial charge on any atom is -0.467 e. The average molecular weight is 319 g/mol. The topological polar surface area (TPSA) is 63.7 Å². The summed E-state index contributed by atoms with van der Waals surface area (Å²) < 4.78 is 4.59. The van der Waals surface area contributed by atoms with Crippen LogP contribution in [-0.2, 0) is 20.7 Å². The molecule has 0 saturated carbocycles. The van der Waals surface area contributed by atoms with Crippen molar-refractivity contribution >= 4 is 35.0 Å². The Morgan fingerprint density at radius 2 is 1.95 bits per heavy atom. The predicted octanol–water partition coefficient (Wildman–Crippen LogP) is 2.85. The minimum absolute atomic E-state index is 0.310. The molecule has 1 saturated heterocycles. The fraction of sp³-hybridized carbons (Fsp3) is 0.312. The van der Waals surface area contributed by atoms with Crippen molar-refractivity contribution in [2.45, 2.75) is 26.3 Å². The molecule has 5 nitrogen and oxygen atoms in total. The fourth-order valence-corrected chi connectivity index (χ4v) is 3.00. The number of benzene rings is 1. The van der Waals surface area contributed by atoms with Gasteiger partial charge in [-0.05, 0) is 42.3 Å². The van der Waals surface area contributed by atoms with E-state index in [1.165, 1.54) is 19.6 Å². The smallest absolute Gasteiger partial charge is 0.328 e. The third-order valence-corrected chi connectivity index (χ3v) is 4.32. The number of esters is 1. The SMILES string of the molecule is CCc1ccc(/C=C2/SC(=O)N(C(C)C(=O)OC)C2=O)cc1. The Hall–Kier alpha value is -2.08. The zero-order valence-electron chi connectivity index (χ0n) is 12.7. The highest BCUT2D eigenvalue weighted by atomic mass is 32.2. The van der Waals surface area contributed by atoms with Gasteiger partial charge >= 0.3 is 5.97 Å². The quantitative estimate of drug-likeness (QED) is 0.631. The average Bonchev–Trinajstić information content (AvgIpc) is 2.80. The lowest BCUT2D eigenvalue weighted by atomic mass is 10.1. The van der Waals surface area contributed by atoms with E-state index < -0.39 is 23.2 Å². The summed E-state index contributed by atoms with van der Waals surface area (Å²) in [6.45, 7) is 3.54. The number of ether oxygens (including phenoxy) is 1. The van der Waals surface area contributed by atoms with Crippen LogP contribution in [0.1, 0.15) is 25.0 Å². The number of rotatable bonds is 4. The van der Waals surface area contributed by atoms with Crippen molar-refractivity contribution in [2.24, 2.45) is 0 Å². The Morgan fingerprint density at radius 3 is 2.50 bits per heavy atom. The Bertz CT molecular complexity index is 636. The first-order chi connectivity index (χ1) is 10.5. The molecule has 1 aromatic carbocycles. The van der Waals surface area contributed by atoms with Crippen molar-refractivity contribution in [2.75, 3.05) is 7.11 Å². The van der Waals surface area contributed by atoms with Gasteiger partial charge in [0.05, 0.1) is 12.0 Å². The first-order valence-electron chi connectivity index (χ1n) is 6.91. The molecule has 1 aliphatic rings. The predicted molar refractivity (Wildman–Crippen MR) is 85.1 cm³/mol. The molecule has 0 aromatic heterocycles. The molecule has 1 heterocycles. The van der Waals surface area contributed by atoms with Crippen molar-refractivity contribution in [1.82, 2.24) is 4.90 Å². The van der Waals surface area contributed by atoms with Gasteiger partial charge in [-0.2, -0.15) is 0 Å². The van der Waals surface area contributed by atoms with Gasteiger partial charge in [-0.1, -0.05) is 31.2 Å².